The number of hydrogen-bond acceptors (Lipinski definition) is 0. The van der Waals surface area contributed by atoms with Gasteiger partial charge in [-0.15, -0.1) is 0 Å². The van der Waals surface area contributed by atoms with E-state index in [-0.39, 0.29) is 0 Å². The molecule has 0 amide bonds. The fourth-order valence-corrected chi connectivity index (χ4v) is 3.03. The van der Waals surface area contributed by atoms with Crippen molar-refractivity contribution >= 4 is 0 Å². The predicted octanol–water partition coefficient (Wildman–Crippen LogP) is 5.42. The molecule has 0 N–H and O–H groups in total. The Bertz CT molecular complexity index is 207. The first kappa shape index (κ1) is 13.1. The lowest BCUT2D eigenvalue weighted by Gasteiger charge is -2.39. The average Bonchev–Trinajstić information content (AvgIpc) is 2.24. The molecule has 1 aliphatic carbocycles. The molecule has 0 aromatic heterocycles. The van der Waals surface area contributed by atoms with Gasteiger partial charge in [-0.25, -0.2) is 0 Å². The summed E-state index contributed by atoms with van der Waals surface area (Å²) in [6.07, 6.45) is 8.53. The maximum atomic E-state index is 2.52. The molecule has 1 fully saturated rings. The van der Waals surface area contributed by atoms with Crippen LogP contribution in [-0.2, 0) is 0 Å². The van der Waals surface area contributed by atoms with Crippen molar-refractivity contribution in [2.24, 2.45) is 16.2 Å². The van der Waals surface area contributed by atoms with Crippen LogP contribution in [0.4, 0.5) is 0 Å². The summed E-state index contributed by atoms with van der Waals surface area (Å²) in [6.45, 7) is 14.5. The summed E-state index contributed by atoms with van der Waals surface area (Å²) in [7, 11) is 0. The molecule has 0 unspecified atom stereocenters. The maximum Gasteiger partial charge on any atom is -0.0275 e. The van der Waals surface area contributed by atoms with Crippen LogP contribution in [-0.4, -0.2) is 0 Å². The highest BCUT2D eigenvalue weighted by Gasteiger charge is 2.44. The third kappa shape index (κ3) is 3.23. The van der Waals surface area contributed by atoms with Gasteiger partial charge in [0.25, 0.3) is 0 Å². The van der Waals surface area contributed by atoms with Crippen LogP contribution in [0.5, 0.6) is 0 Å². The first-order chi connectivity index (χ1) is 6.66. The first-order valence-corrected chi connectivity index (χ1v) is 6.66. The smallest absolute Gasteiger partial charge is 0.0275 e. The Labute approximate surface area is 96.8 Å². The molecule has 0 nitrogen and oxygen atoms in total. The Balaban J connectivity index is 2.44. The fraction of sp³-hybridized carbons (Fsp3) is 1.00. The van der Waals surface area contributed by atoms with Crippen LogP contribution in [0.1, 0.15) is 80.1 Å². The van der Waals surface area contributed by atoms with E-state index in [9.17, 15) is 0 Å². The van der Waals surface area contributed by atoms with E-state index in [0.717, 1.165) is 0 Å². The zero-order valence-corrected chi connectivity index (χ0v) is 11.7. The van der Waals surface area contributed by atoms with Gasteiger partial charge >= 0.3 is 0 Å². The van der Waals surface area contributed by atoms with E-state index in [4.69, 9.17) is 0 Å². The summed E-state index contributed by atoms with van der Waals surface area (Å²) in [5, 5.41) is 0. The van der Waals surface area contributed by atoms with Crippen molar-refractivity contribution in [2.45, 2.75) is 80.1 Å². The molecule has 0 aliphatic heterocycles. The van der Waals surface area contributed by atoms with Gasteiger partial charge in [-0.2, -0.15) is 0 Å². The summed E-state index contributed by atoms with van der Waals surface area (Å²) in [4.78, 5) is 0. The van der Waals surface area contributed by atoms with E-state index in [2.05, 4.69) is 41.5 Å². The van der Waals surface area contributed by atoms with E-state index in [1.54, 1.807) is 0 Å². The van der Waals surface area contributed by atoms with Crippen LogP contribution < -0.4 is 0 Å². The summed E-state index contributed by atoms with van der Waals surface area (Å²) in [6, 6.07) is 0. The van der Waals surface area contributed by atoms with Crippen LogP contribution in [0.25, 0.3) is 0 Å². The molecular weight excluding hydrogens is 180 g/mol. The van der Waals surface area contributed by atoms with Crippen molar-refractivity contribution in [3.63, 3.8) is 0 Å². The van der Waals surface area contributed by atoms with Crippen molar-refractivity contribution in [3.05, 3.63) is 0 Å². The highest BCUT2D eigenvalue weighted by molar-refractivity contribution is 4.94. The molecule has 0 heterocycles. The Hall–Kier alpha value is 0. The molecule has 1 rings (SSSR count). The molecule has 0 saturated heterocycles. The number of rotatable bonds is 3. The van der Waals surface area contributed by atoms with Gasteiger partial charge in [0.2, 0.25) is 0 Å². The molecule has 1 aliphatic rings. The van der Waals surface area contributed by atoms with Crippen molar-refractivity contribution in [1.82, 2.24) is 0 Å². The molecule has 0 heteroatoms. The average molecular weight is 210 g/mol. The normalized spacial score (nSPS) is 30.8. The third-order valence-electron chi connectivity index (χ3n) is 4.82. The molecule has 0 aromatic rings. The lowest BCUT2D eigenvalue weighted by atomic mass is 9.66. The second-order valence-electron chi connectivity index (χ2n) is 7.71. The van der Waals surface area contributed by atoms with Gasteiger partial charge in [0, 0.05) is 0 Å². The topological polar surface area (TPSA) is 0 Å². The van der Waals surface area contributed by atoms with E-state index >= 15 is 0 Å². The highest BCUT2D eigenvalue weighted by atomic mass is 14.5. The minimum atomic E-state index is 0.513. The lowest BCUT2D eigenvalue weighted by Crippen LogP contribution is -2.29. The molecule has 1 atom stereocenters. The Kier molecular flexibility index (Phi) is 3.58. The molecule has 15 heavy (non-hydrogen) atoms. The minimum absolute atomic E-state index is 0.513. The molecule has 0 radical (unpaired) electrons. The van der Waals surface area contributed by atoms with Gasteiger partial charge < -0.3 is 0 Å². The monoisotopic (exact) mass is 210 g/mol. The molecule has 1 saturated carbocycles. The highest BCUT2D eigenvalue weighted by Crippen LogP contribution is 2.55. The Morgan fingerprint density at radius 2 is 1.60 bits per heavy atom. The Morgan fingerprint density at radius 3 is 2.00 bits per heavy atom. The van der Waals surface area contributed by atoms with Gasteiger partial charge in [-0.3, -0.25) is 0 Å². The molecule has 0 aromatic carbocycles. The zero-order valence-electron chi connectivity index (χ0n) is 11.7. The van der Waals surface area contributed by atoms with Crippen LogP contribution in [0.2, 0.25) is 0 Å². The van der Waals surface area contributed by atoms with Gasteiger partial charge in [0.15, 0.2) is 0 Å². The van der Waals surface area contributed by atoms with Gasteiger partial charge in [0.1, 0.15) is 0 Å². The molecule has 0 bridgehead atoms. The van der Waals surface area contributed by atoms with E-state index in [1.165, 1.54) is 38.5 Å². The second kappa shape index (κ2) is 4.11. The summed E-state index contributed by atoms with van der Waals surface area (Å²) >= 11 is 0. The van der Waals surface area contributed by atoms with Gasteiger partial charge in [0.05, 0.1) is 0 Å². The van der Waals surface area contributed by atoms with Crippen LogP contribution >= 0.6 is 0 Å². The van der Waals surface area contributed by atoms with Gasteiger partial charge in [-0.1, -0.05) is 54.4 Å². The van der Waals surface area contributed by atoms with E-state index in [0.29, 0.717) is 16.2 Å². The van der Waals surface area contributed by atoms with Gasteiger partial charge in [-0.05, 0) is 41.9 Å². The molecule has 0 spiro atoms. The largest absolute Gasteiger partial charge is 0.0602 e. The third-order valence-corrected chi connectivity index (χ3v) is 4.82. The summed E-state index contributed by atoms with van der Waals surface area (Å²) < 4.78 is 0. The predicted molar refractivity (Wildman–Crippen MR) is 69.0 cm³/mol. The Morgan fingerprint density at radius 1 is 1.00 bits per heavy atom. The van der Waals surface area contributed by atoms with E-state index in [1.807, 2.05) is 0 Å². The van der Waals surface area contributed by atoms with Crippen molar-refractivity contribution < 1.29 is 0 Å². The molecular formula is C15H30. The van der Waals surface area contributed by atoms with Crippen LogP contribution in [0, 0.1) is 16.2 Å². The minimum Gasteiger partial charge on any atom is -0.0602 e. The second-order valence-corrected chi connectivity index (χ2v) is 7.71. The van der Waals surface area contributed by atoms with Crippen molar-refractivity contribution in [1.29, 1.82) is 0 Å². The van der Waals surface area contributed by atoms with Crippen LogP contribution in [0.15, 0.2) is 0 Å². The summed E-state index contributed by atoms with van der Waals surface area (Å²) in [5.74, 6) is 0. The first-order valence-electron chi connectivity index (χ1n) is 6.66. The van der Waals surface area contributed by atoms with Crippen molar-refractivity contribution in [3.8, 4) is 0 Å². The lowest BCUT2D eigenvalue weighted by molar-refractivity contribution is 0.111. The quantitative estimate of drug-likeness (QED) is 0.583. The number of hydrogen-bond donors (Lipinski definition) is 0. The molecule has 90 valence electrons. The van der Waals surface area contributed by atoms with Crippen LogP contribution in [0.3, 0.4) is 0 Å². The maximum absolute atomic E-state index is 2.52. The zero-order chi connectivity index (χ0) is 11.7. The fourth-order valence-electron chi connectivity index (χ4n) is 3.03. The summed E-state index contributed by atoms with van der Waals surface area (Å²) in [5.41, 5.74) is 1.70. The standard InChI is InChI=1S/C15H30/c1-13(2,3)9-7-11-15(6)12-8-10-14(15,4)5/h7-12H2,1-6H3/t15-/m1/s1. The van der Waals surface area contributed by atoms with Crippen molar-refractivity contribution in [2.75, 3.05) is 0 Å². The SMILES string of the molecule is CC(C)(C)CCC[C@]1(C)CCCC1(C)C. The van der Waals surface area contributed by atoms with E-state index < -0.39 is 0 Å².